The molecule has 0 fully saturated rings. The van der Waals surface area contributed by atoms with E-state index in [1.54, 1.807) is 25.3 Å². The van der Waals surface area contributed by atoms with Gasteiger partial charge in [0.05, 0.1) is 18.1 Å². The lowest BCUT2D eigenvalue weighted by molar-refractivity contribution is -0.116. The van der Waals surface area contributed by atoms with Crippen LogP contribution in [-0.4, -0.2) is 28.0 Å². The van der Waals surface area contributed by atoms with Gasteiger partial charge < -0.3 is 25.0 Å². The Hall–Kier alpha value is -4.26. The predicted molar refractivity (Wildman–Crippen MR) is 126 cm³/mol. The molecule has 160 valence electrons. The van der Waals surface area contributed by atoms with E-state index in [0.29, 0.717) is 29.6 Å². The average Bonchev–Trinajstić information content (AvgIpc) is 3.36. The van der Waals surface area contributed by atoms with Crippen molar-refractivity contribution in [2.45, 2.75) is 12.8 Å². The Balaban J connectivity index is 1.38. The van der Waals surface area contributed by atoms with Crippen molar-refractivity contribution in [2.24, 2.45) is 0 Å². The molecule has 2 heterocycles. The van der Waals surface area contributed by atoms with E-state index in [1.165, 1.54) is 0 Å². The van der Waals surface area contributed by atoms with Crippen LogP contribution in [0.2, 0.25) is 0 Å². The number of aromatic amines is 3. The van der Waals surface area contributed by atoms with Gasteiger partial charge in [0.15, 0.2) is 0 Å². The Bertz CT molecular complexity index is 1470. The number of rotatable bonds is 6. The number of imidazole rings is 1. The van der Waals surface area contributed by atoms with Gasteiger partial charge in [-0.1, -0.05) is 18.2 Å². The highest BCUT2D eigenvalue weighted by Crippen LogP contribution is 2.32. The largest absolute Gasteiger partial charge is 0.497 e. The molecule has 0 saturated heterocycles. The van der Waals surface area contributed by atoms with Crippen LogP contribution in [-0.2, 0) is 11.2 Å². The van der Waals surface area contributed by atoms with E-state index in [1.807, 2.05) is 42.5 Å². The summed E-state index contributed by atoms with van der Waals surface area (Å²) in [5.74, 6) is 0.708. The van der Waals surface area contributed by atoms with Crippen LogP contribution in [0.15, 0.2) is 71.5 Å². The van der Waals surface area contributed by atoms with Crippen LogP contribution in [0.3, 0.4) is 0 Å². The van der Waals surface area contributed by atoms with Gasteiger partial charge in [-0.05, 0) is 66.1 Å². The van der Waals surface area contributed by atoms with Crippen LogP contribution >= 0.6 is 0 Å². The lowest BCUT2D eigenvalue weighted by atomic mass is 10.0. The minimum Gasteiger partial charge on any atom is -0.497 e. The zero-order valence-corrected chi connectivity index (χ0v) is 17.5. The van der Waals surface area contributed by atoms with Crippen LogP contribution in [0, 0.1) is 0 Å². The second kappa shape index (κ2) is 8.11. The zero-order valence-electron chi connectivity index (χ0n) is 17.5. The summed E-state index contributed by atoms with van der Waals surface area (Å²) in [4.78, 5) is 33.0. The number of hydrogen-bond acceptors (Lipinski definition) is 3. The van der Waals surface area contributed by atoms with Crippen molar-refractivity contribution in [3.8, 4) is 17.0 Å². The Kier molecular flexibility index (Phi) is 4.99. The van der Waals surface area contributed by atoms with Crippen LogP contribution in [0.4, 0.5) is 5.69 Å². The molecule has 0 aliphatic rings. The molecule has 32 heavy (non-hydrogen) atoms. The summed E-state index contributed by atoms with van der Waals surface area (Å²) in [6.07, 6.45) is 0.910. The minimum absolute atomic E-state index is 0.0896. The Morgan fingerprint density at radius 3 is 2.50 bits per heavy atom. The Morgan fingerprint density at radius 2 is 1.69 bits per heavy atom. The molecule has 5 rings (SSSR count). The van der Waals surface area contributed by atoms with Gasteiger partial charge in [-0.25, -0.2) is 4.79 Å². The highest BCUT2D eigenvalue weighted by molar-refractivity contribution is 5.95. The number of fused-ring (bicyclic) bond motifs is 2. The number of aryl methyl sites for hydroxylation is 1. The summed E-state index contributed by atoms with van der Waals surface area (Å²) in [6, 6.07) is 21.3. The van der Waals surface area contributed by atoms with Gasteiger partial charge in [0.1, 0.15) is 5.75 Å². The maximum atomic E-state index is 12.7. The molecule has 0 aliphatic carbocycles. The van der Waals surface area contributed by atoms with Gasteiger partial charge in [-0.2, -0.15) is 0 Å². The van der Waals surface area contributed by atoms with Crippen molar-refractivity contribution in [2.75, 3.05) is 12.4 Å². The highest BCUT2D eigenvalue weighted by Gasteiger charge is 2.15. The summed E-state index contributed by atoms with van der Waals surface area (Å²) in [5.41, 5.74) is 5.93. The van der Waals surface area contributed by atoms with Crippen molar-refractivity contribution in [3.05, 3.63) is 82.8 Å². The fourth-order valence-electron chi connectivity index (χ4n) is 4.04. The van der Waals surface area contributed by atoms with Crippen molar-refractivity contribution >= 4 is 33.5 Å². The van der Waals surface area contributed by atoms with Gasteiger partial charge in [0.25, 0.3) is 0 Å². The van der Waals surface area contributed by atoms with E-state index < -0.39 is 0 Å². The first-order chi connectivity index (χ1) is 15.6. The van der Waals surface area contributed by atoms with Crippen LogP contribution in [0.25, 0.3) is 33.2 Å². The zero-order chi connectivity index (χ0) is 22.1. The number of carbonyl (C=O) groups excluding carboxylic acids is 1. The molecular weight excluding hydrogens is 404 g/mol. The number of nitrogens with one attached hydrogen (secondary N) is 4. The molecule has 0 bridgehead atoms. The van der Waals surface area contributed by atoms with Crippen molar-refractivity contribution < 1.29 is 9.53 Å². The topological polar surface area (TPSA) is 103 Å². The molecule has 7 heteroatoms. The highest BCUT2D eigenvalue weighted by atomic mass is 16.5. The molecule has 4 N–H and O–H groups in total. The van der Waals surface area contributed by atoms with Crippen molar-refractivity contribution in [3.63, 3.8) is 0 Å². The number of carbonyl (C=O) groups is 1. The summed E-state index contributed by atoms with van der Waals surface area (Å²) in [5, 5.41) is 4.04. The molecule has 3 aromatic carbocycles. The summed E-state index contributed by atoms with van der Waals surface area (Å²) in [6.45, 7) is 0. The summed E-state index contributed by atoms with van der Waals surface area (Å²) < 4.78 is 5.27. The smallest absolute Gasteiger partial charge is 0.323 e. The maximum Gasteiger partial charge on any atom is 0.323 e. The number of H-pyrrole nitrogens is 3. The quantitative estimate of drug-likeness (QED) is 0.319. The number of aromatic nitrogens is 3. The molecule has 0 unspecified atom stereocenters. The van der Waals surface area contributed by atoms with Gasteiger partial charge in [-0.15, -0.1) is 0 Å². The summed E-state index contributed by atoms with van der Waals surface area (Å²) in [7, 11) is 1.65. The fourth-order valence-corrected chi connectivity index (χ4v) is 4.04. The first-order valence-electron chi connectivity index (χ1n) is 10.4. The third kappa shape index (κ3) is 3.76. The Labute approximate surface area is 183 Å². The number of amides is 1. The van der Waals surface area contributed by atoms with E-state index in [-0.39, 0.29) is 11.6 Å². The first kappa shape index (κ1) is 19.7. The number of para-hydroxylation sites is 1. The number of hydrogen-bond donors (Lipinski definition) is 4. The fraction of sp³-hybridized carbons (Fsp3) is 0.120. The molecule has 5 aromatic rings. The van der Waals surface area contributed by atoms with E-state index in [0.717, 1.165) is 33.5 Å². The van der Waals surface area contributed by atoms with E-state index >= 15 is 0 Å². The summed E-state index contributed by atoms with van der Waals surface area (Å²) >= 11 is 0. The van der Waals surface area contributed by atoms with Crippen molar-refractivity contribution in [1.82, 2.24) is 15.0 Å². The third-order valence-electron chi connectivity index (χ3n) is 5.59. The molecule has 1 amide bonds. The van der Waals surface area contributed by atoms with Gasteiger partial charge in [0.2, 0.25) is 5.91 Å². The first-order valence-corrected chi connectivity index (χ1v) is 10.4. The predicted octanol–water partition coefficient (Wildman–Crippen LogP) is 4.58. The number of methoxy groups -OCH3 is 1. The van der Waals surface area contributed by atoms with Crippen LogP contribution in [0.5, 0.6) is 5.75 Å². The minimum atomic E-state index is -0.270. The normalized spacial score (nSPS) is 11.2. The number of ether oxygens (including phenoxy) is 1. The lowest BCUT2D eigenvalue weighted by Crippen LogP contribution is -2.12. The average molecular weight is 426 g/mol. The molecule has 0 aliphatic heterocycles. The number of benzene rings is 3. The third-order valence-corrected chi connectivity index (χ3v) is 5.59. The van der Waals surface area contributed by atoms with E-state index in [9.17, 15) is 9.59 Å². The van der Waals surface area contributed by atoms with Crippen LogP contribution < -0.4 is 15.7 Å². The molecule has 2 aromatic heterocycles. The van der Waals surface area contributed by atoms with Gasteiger partial charge in [-0.3, -0.25) is 4.79 Å². The SMILES string of the molecule is COc1ccc(-c2[nH]c3ccccc3c2CCC(=O)Nc2ccc3[nH]c(=O)[nH]c3c2)cc1. The second-order valence-corrected chi connectivity index (χ2v) is 7.64. The molecule has 7 nitrogen and oxygen atoms in total. The standard InChI is InChI=1S/C25H22N4O3/c1-32-17-9-6-15(7-10-17)24-19(18-4-2-3-5-20(18)27-24)11-13-23(30)26-16-8-12-21-22(14-16)29-25(31)28-21/h2-10,12,14,27H,11,13H2,1H3,(H,26,30)(H2,28,29,31). The maximum absolute atomic E-state index is 12.7. The van der Waals surface area contributed by atoms with E-state index in [2.05, 4.69) is 26.3 Å². The van der Waals surface area contributed by atoms with Gasteiger partial charge >= 0.3 is 5.69 Å². The Morgan fingerprint density at radius 1 is 0.906 bits per heavy atom. The molecular formula is C25H22N4O3. The molecule has 0 saturated carbocycles. The monoisotopic (exact) mass is 426 g/mol. The lowest BCUT2D eigenvalue weighted by Gasteiger charge is -2.08. The van der Waals surface area contributed by atoms with Crippen molar-refractivity contribution in [1.29, 1.82) is 0 Å². The number of anilines is 1. The molecule has 0 radical (unpaired) electrons. The second-order valence-electron chi connectivity index (χ2n) is 7.64. The molecule has 0 spiro atoms. The van der Waals surface area contributed by atoms with E-state index in [4.69, 9.17) is 4.74 Å². The van der Waals surface area contributed by atoms with Crippen LogP contribution in [0.1, 0.15) is 12.0 Å². The molecule has 0 atom stereocenters. The van der Waals surface area contributed by atoms with Gasteiger partial charge in [0, 0.05) is 28.7 Å².